The molecule has 0 radical (unpaired) electrons. The van der Waals surface area contributed by atoms with E-state index in [2.05, 4.69) is 106 Å². The highest BCUT2D eigenvalue weighted by Crippen LogP contribution is 2.15. The lowest BCUT2D eigenvalue weighted by atomic mass is 10.1. The minimum absolute atomic E-state index is 0.0800. The normalized spacial score (nSPS) is 12.7. The number of rotatable bonds is 53. The van der Waals surface area contributed by atoms with Crippen molar-refractivity contribution >= 4 is 17.9 Å². The van der Waals surface area contributed by atoms with Crippen LogP contribution in [0.1, 0.15) is 284 Å². The molecule has 6 nitrogen and oxygen atoms in total. The van der Waals surface area contributed by atoms with Crippen LogP contribution in [0.15, 0.2) is 85.1 Å². The maximum absolute atomic E-state index is 12.8. The highest BCUT2D eigenvalue weighted by Gasteiger charge is 2.19. The van der Waals surface area contributed by atoms with Crippen molar-refractivity contribution in [2.24, 2.45) is 0 Å². The molecule has 0 fully saturated rings. The summed E-state index contributed by atoms with van der Waals surface area (Å²) in [6.07, 6.45) is 75.8. The van der Waals surface area contributed by atoms with Gasteiger partial charge in [-0.1, -0.05) is 254 Å². The molecule has 0 aliphatic heterocycles. The third-order valence-electron chi connectivity index (χ3n) is 12.6. The fourth-order valence-corrected chi connectivity index (χ4v) is 8.21. The topological polar surface area (TPSA) is 78.9 Å². The second-order valence-corrected chi connectivity index (χ2v) is 19.5. The first-order valence-corrected chi connectivity index (χ1v) is 29.6. The first-order chi connectivity index (χ1) is 34.5. The minimum atomic E-state index is -0.782. The molecule has 1 unspecified atom stereocenters. The van der Waals surface area contributed by atoms with Gasteiger partial charge in [0.1, 0.15) is 13.2 Å². The van der Waals surface area contributed by atoms with E-state index in [1.807, 2.05) is 0 Å². The van der Waals surface area contributed by atoms with Gasteiger partial charge in [0.2, 0.25) is 0 Å². The zero-order valence-corrected chi connectivity index (χ0v) is 46.0. The van der Waals surface area contributed by atoms with Crippen LogP contribution in [0, 0.1) is 0 Å². The average Bonchev–Trinajstić information content (AvgIpc) is 3.36. The molecule has 0 bridgehead atoms. The average molecular weight is 976 g/mol. The number of carbonyl (C=O) groups is 3. The molecular formula is C64H110O6. The second-order valence-electron chi connectivity index (χ2n) is 19.5. The Balaban J connectivity index is 4.27. The van der Waals surface area contributed by atoms with Gasteiger partial charge in [0.15, 0.2) is 6.10 Å². The van der Waals surface area contributed by atoms with E-state index in [0.717, 1.165) is 116 Å². The Labute approximate surface area is 433 Å². The van der Waals surface area contributed by atoms with E-state index in [0.29, 0.717) is 19.3 Å². The fraction of sp³-hybridized carbons (Fsp3) is 0.734. The van der Waals surface area contributed by atoms with Gasteiger partial charge in [0.05, 0.1) is 0 Å². The molecule has 0 amide bonds. The van der Waals surface area contributed by atoms with Crippen LogP contribution in [0.2, 0.25) is 0 Å². The van der Waals surface area contributed by atoms with Gasteiger partial charge < -0.3 is 14.2 Å². The number of ether oxygens (including phenoxy) is 3. The summed E-state index contributed by atoms with van der Waals surface area (Å²) in [5.41, 5.74) is 0. The highest BCUT2D eigenvalue weighted by atomic mass is 16.6. The minimum Gasteiger partial charge on any atom is -0.462 e. The van der Waals surface area contributed by atoms with Gasteiger partial charge in [0.25, 0.3) is 0 Å². The van der Waals surface area contributed by atoms with Crippen molar-refractivity contribution in [3.05, 3.63) is 85.1 Å². The van der Waals surface area contributed by atoms with E-state index in [1.165, 1.54) is 128 Å². The van der Waals surface area contributed by atoms with Crippen LogP contribution in [-0.4, -0.2) is 37.2 Å². The summed E-state index contributed by atoms with van der Waals surface area (Å²) < 4.78 is 16.8. The Hall–Kier alpha value is -3.41. The van der Waals surface area contributed by atoms with Crippen LogP contribution in [0.25, 0.3) is 0 Å². The Kier molecular flexibility index (Phi) is 55.3. The van der Waals surface area contributed by atoms with Crippen molar-refractivity contribution in [3.63, 3.8) is 0 Å². The predicted molar refractivity (Wildman–Crippen MR) is 302 cm³/mol. The number of unbranched alkanes of at least 4 members (excludes halogenated alkanes) is 28. The van der Waals surface area contributed by atoms with Gasteiger partial charge in [-0.05, 0) is 96.3 Å². The second kappa shape index (κ2) is 58.2. The summed E-state index contributed by atoms with van der Waals surface area (Å²) in [5.74, 6) is -0.892. The summed E-state index contributed by atoms with van der Waals surface area (Å²) in [6, 6.07) is 0. The van der Waals surface area contributed by atoms with E-state index >= 15 is 0 Å². The van der Waals surface area contributed by atoms with Gasteiger partial charge in [-0.15, -0.1) is 0 Å². The molecule has 0 aromatic heterocycles. The van der Waals surface area contributed by atoms with Crippen LogP contribution < -0.4 is 0 Å². The third kappa shape index (κ3) is 55.5. The zero-order valence-electron chi connectivity index (χ0n) is 46.0. The molecule has 0 saturated carbocycles. The molecule has 0 rings (SSSR count). The summed E-state index contributed by atoms with van der Waals surface area (Å²) >= 11 is 0. The number of hydrogen-bond acceptors (Lipinski definition) is 6. The van der Waals surface area contributed by atoms with E-state index in [1.54, 1.807) is 0 Å². The summed E-state index contributed by atoms with van der Waals surface area (Å²) in [5, 5.41) is 0. The Morgan fingerprint density at radius 3 is 0.886 bits per heavy atom. The van der Waals surface area contributed by atoms with Crippen molar-refractivity contribution in [1.29, 1.82) is 0 Å². The van der Waals surface area contributed by atoms with Gasteiger partial charge in [0, 0.05) is 19.3 Å². The van der Waals surface area contributed by atoms with Gasteiger partial charge >= 0.3 is 17.9 Å². The quantitative estimate of drug-likeness (QED) is 0.0261. The van der Waals surface area contributed by atoms with E-state index in [4.69, 9.17) is 14.2 Å². The molecule has 0 heterocycles. The molecule has 1 atom stereocenters. The molecule has 0 N–H and O–H groups in total. The molecule has 402 valence electrons. The maximum Gasteiger partial charge on any atom is 0.306 e. The number of hydrogen-bond donors (Lipinski definition) is 0. The van der Waals surface area contributed by atoms with Gasteiger partial charge in [-0.2, -0.15) is 0 Å². The van der Waals surface area contributed by atoms with Crippen LogP contribution in [0.5, 0.6) is 0 Å². The van der Waals surface area contributed by atoms with Crippen LogP contribution in [-0.2, 0) is 28.6 Å². The lowest BCUT2D eigenvalue weighted by Crippen LogP contribution is -2.30. The van der Waals surface area contributed by atoms with Gasteiger partial charge in [-0.25, -0.2) is 0 Å². The Morgan fingerprint density at radius 1 is 0.300 bits per heavy atom. The standard InChI is InChI=1S/C64H110O6/c1-4-7-10-13-16-19-22-24-26-27-28-29-30-31-32-33-34-35-36-37-39-40-42-45-48-51-54-57-63(66)69-60-61(59-68-62(65)56-53-50-47-44-21-18-15-12-9-6-3)70-64(67)58-55-52-49-46-43-41-38-25-23-20-17-14-11-8-5-2/h7,10,16,19,24-26,28-29,31-32,34-35,38,61H,4-6,8-9,11-15,17-18,20-23,27,30,33,36-37,39-60H2,1-3H3/b10-7-,19-16-,26-24-,29-28-,32-31-,35-34-,38-25-. The van der Waals surface area contributed by atoms with Crippen molar-refractivity contribution in [2.45, 2.75) is 290 Å². The van der Waals surface area contributed by atoms with E-state index < -0.39 is 6.10 Å². The molecule has 0 aliphatic rings. The fourth-order valence-electron chi connectivity index (χ4n) is 8.21. The van der Waals surface area contributed by atoms with E-state index in [9.17, 15) is 14.4 Å². The van der Waals surface area contributed by atoms with Crippen LogP contribution in [0.4, 0.5) is 0 Å². The SMILES string of the molecule is CC/C=C\C/C=C\C/C=C\C/C=C\C/C=C\C/C=C\CCCCCCCCCCC(=O)OCC(COC(=O)CCCCCCCCCCCC)OC(=O)CCCCCCC/C=C\CCCCCCCC. The largest absolute Gasteiger partial charge is 0.462 e. The van der Waals surface area contributed by atoms with Crippen molar-refractivity contribution < 1.29 is 28.6 Å². The van der Waals surface area contributed by atoms with Crippen LogP contribution in [0.3, 0.4) is 0 Å². The molecule has 0 saturated heterocycles. The van der Waals surface area contributed by atoms with Crippen LogP contribution >= 0.6 is 0 Å². The monoisotopic (exact) mass is 975 g/mol. The Bertz CT molecular complexity index is 1350. The van der Waals surface area contributed by atoms with Crippen molar-refractivity contribution in [2.75, 3.05) is 13.2 Å². The molecule has 6 heteroatoms. The molecule has 70 heavy (non-hydrogen) atoms. The number of esters is 3. The molecule has 0 aromatic rings. The predicted octanol–water partition coefficient (Wildman–Crippen LogP) is 19.9. The lowest BCUT2D eigenvalue weighted by molar-refractivity contribution is -0.167. The molecule has 0 spiro atoms. The molecular weight excluding hydrogens is 865 g/mol. The summed E-state index contributed by atoms with van der Waals surface area (Å²) in [4.78, 5) is 38.1. The lowest BCUT2D eigenvalue weighted by Gasteiger charge is -2.18. The number of carbonyl (C=O) groups excluding carboxylic acids is 3. The van der Waals surface area contributed by atoms with Gasteiger partial charge in [-0.3, -0.25) is 14.4 Å². The first-order valence-electron chi connectivity index (χ1n) is 29.6. The molecule has 0 aromatic carbocycles. The smallest absolute Gasteiger partial charge is 0.306 e. The number of allylic oxidation sites excluding steroid dienone is 14. The highest BCUT2D eigenvalue weighted by molar-refractivity contribution is 5.71. The van der Waals surface area contributed by atoms with Crippen molar-refractivity contribution in [1.82, 2.24) is 0 Å². The maximum atomic E-state index is 12.8. The zero-order chi connectivity index (χ0) is 50.7. The molecule has 0 aliphatic carbocycles. The summed E-state index contributed by atoms with van der Waals surface area (Å²) in [7, 11) is 0. The van der Waals surface area contributed by atoms with E-state index in [-0.39, 0.29) is 31.1 Å². The Morgan fingerprint density at radius 2 is 0.557 bits per heavy atom. The first kappa shape index (κ1) is 66.6. The summed E-state index contributed by atoms with van der Waals surface area (Å²) in [6.45, 7) is 6.51. The third-order valence-corrected chi connectivity index (χ3v) is 12.6. The van der Waals surface area contributed by atoms with Crippen molar-refractivity contribution in [3.8, 4) is 0 Å².